The number of hydrogen-bond acceptors (Lipinski definition) is 7. The largest absolute Gasteiger partial charge is 0.480 e. The van der Waals surface area contributed by atoms with Crippen molar-refractivity contribution in [1.82, 2.24) is 15.4 Å². The summed E-state index contributed by atoms with van der Waals surface area (Å²) in [6.07, 6.45) is 2.50. The monoisotopic (exact) mass is 228 g/mol. The predicted octanol–water partition coefficient (Wildman–Crippen LogP) is -0.391. The summed E-state index contributed by atoms with van der Waals surface area (Å²) < 4.78 is 15.3. The van der Waals surface area contributed by atoms with Gasteiger partial charge in [-0.3, -0.25) is 10.8 Å². The van der Waals surface area contributed by atoms with Gasteiger partial charge in [-0.05, 0) is 0 Å². The van der Waals surface area contributed by atoms with Crippen LogP contribution in [-0.2, 0) is 9.47 Å². The van der Waals surface area contributed by atoms with Gasteiger partial charge in [0.05, 0.1) is 7.11 Å². The van der Waals surface area contributed by atoms with Crippen LogP contribution in [-0.4, -0.2) is 37.6 Å². The third kappa shape index (κ3) is 2.64. The van der Waals surface area contributed by atoms with Gasteiger partial charge in [-0.1, -0.05) is 0 Å². The quantitative estimate of drug-likeness (QED) is 0.389. The highest BCUT2D eigenvalue weighted by Gasteiger charge is 2.26. The van der Waals surface area contributed by atoms with Gasteiger partial charge in [-0.2, -0.15) is 0 Å². The minimum atomic E-state index is -0.574. The number of hydrogen-bond donors (Lipinski definition) is 2. The zero-order valence-corrected chi connectivity index (χ0v) is 9.51. The summed E-state index contributed by atoms with van der Waals surface area (Å²) in [5.41, 5.74) is 3.09. The van der Waals surface area contributed by atoms with Gasteiger partial charge >= 0.3 is 0 Å². The summed E-state index contributed by atoms with van der Waals surface area (Å²) in [5.74, 6) is 5.83. The Kier molecular flexibility index (Phi) is 5.06. The SMILES string of the molecule is COc1nccnc1C(NN)C(OC)OC. The van der Waals surface area contributed by atoms with E-state index < -0.39 is 12.3 Å². The fourth-order valence-corrected chi connectivity index (χ4v) is 1.36. The van der Waals surface area contributed by atoms with Gasteiger partial charge in [0.1, 0.15) is 11.7 Å². The van der Waals surface area contributed by atoms with E-state index in [1.807, 2.05) is 0 Å². The van der Waals surface area contributed by atoms with Crippen molar-refractivity contribution >= 4 is 0 Å². The second kappa shape index (κ2) is 6.33. The van der Waals surface area contributed by atoms with E-state index in [2.05, 4.69) is 15.4 Å². The van der Waals surface area contributed by atoms with Crippen LogP contribution < -0.4 is 16.0 Å². The standard InChI is InChI=1S/C9H16N4O3/c1-14-8-6(11-4-5-12-8)7(13-10)9(15-2)16-3/h4-5,7,9,13H,10H2,1-3H3. The maximum atomic E-state index is 5.45. The van der Waals surface area contributed by atoms with E-state index in [1.54, 1.807) is 6.20 Å². The normalized spacial score (nSPS) is 12.8. The highest BCUT2D eigenvalue weighted by molar-refractivity contribution is 5.21. The summed E-state index contributed by atoms with van der Waals surface area (Å²) in [6, 6.07) is -0.460. The fraction of sp³-hybridized carbons (Fsp3) is 0.556. The molecule has 0 spiro atoms. The lowest BCUT2D eigenvalue weighted by atomic mass is 10.2. The molecule has 1 rings (SSSR count). The van der Waals surface area contributed by atoms with E-state index in [4.69, 9.17) is 20.1 Å². The van der Waals surface area contributed by atoms with Crippen LogP contribution in [0.5, 0.6) is 5.88 Å². The molecule has 0 radical (unpaired) electrons. The minimum Gasteiger partial charge on any atom is -0.480 e. The van der Waals surface area contributed by atoms with Crippen molar-refractivity contribution in [3.8, 4) is 5.88 Å². The van der Waals surface area contributed by atoms with Crippen LogP contribution in [0.3, 0.4) is 0 Å². The van der Waals surface area contributed by atoms with Gasteiger partial charge in [0.25, 0.3) is 0 Å². The van der Waals surface area contributed by atoms with E-state index in [0.717, 1.165) is 0 Å². The van der Waals surface area contributed by atoms with Crippen LogP contribution in [0.25, 0.3) is 0 Å². The van der Waals surface area contributed by atoms with Crippen LogP contribution in [0.4, 0.5) is 0 Å². The van der Waals surface area contributed by atoms with Gasteiger partial charge in [0.15, 0.2) is 6.29 Å². The lowest BCUT2D eigenvalue weighted by molar-refractivity contribution is -0.125. The molecule has 0 fully saturated rings. The van der Waals surface area contributed by atoms with Gasteiger partial charge in [0, 0.05) is 26.6 Å². The Morgan fingerprint density at radius 1 is 1.19 bits per heavy atom. The number of aromatic nitrogens is 2. The Labute approximate surface area is 93.9 Å². The molecule has 0 aromatic carbocycles. The van der Waals surface area contributed by atoms with Crippen molar-refractivity contribution < 1.29 is 14.2 Å². The molecule has 7 heteroatoms. The van der Waals surface area contributed by atoms with Crippen molar-refractivity contribution in [2.45, 2.75) is 12.3 Å². The Morgan fingerprint density at radius 3 is 2.31 bits per heavy atom. The predicted molar refractivity (Wildman–Crippen MR) is 56.5 cm³/mol. The Balaban J connectivity index is 3.02. The Morgan fingerprint density at radius 2 is 1.81 bits per heavy atom. The van der Waals surface area contributed by atoms with Crippen molar-refractivity contribution in [3.63, 3.8) is 0 Å². The maximum Gasteiger partial charge on any atom is 0.237 e. The lowest BCUT2D eigenvalue weighted by Gasteiger charge is -2.23. The summed E-state index contributed by atoms with van der Waals surface area (Å²) >= 11 is 0. The molecule has 0 aliphatic heterocycles. The smallest absolute Gasteiger partial charge is 0.237 e. The summed E-state index contributed by atoms with van der Waals surface area (Å²) in [6.45, 7) is 0. The third-order valence-electron chi connectivity index (χ3n) is 2.10. The number of nitrogens with zero attached hydrogens (tertiary/aromatic N) is 2. The molecule has 7 nitrogen and oxygen atoms in total. The molecule has 0 amide bonds. The third-order valence-corrected chi connectivity index (χ3v) is 2.10. The molecule has 0 aliphatic rings. The first-order chi connectivity index (χ1) is 7.78. The molecular formula is C9H16N4O3. The fourth-order valence-electron chi connectivity index (χ4n) is 1.36. The molecule has 0 aliphatic carbocycles. The van der Waals surface area contributed by atoms with Crippen LogP contribution >= 0.6 is 0 Å². The topological polar surface area (TPSA) is 91.5 Å². The second-order valence-corrected chi connectivity index (χ2v) is 2.93. The van der Waals surface area contributed by atoms with Crippen molar-refractivity contribution in [2.24, 2.45) is 5.84 Å². The van der Waals surface area contributed by atoms with Crippen molar-refractivity contribution in [3.05, 3.63) is 18.1 Å². The Hall–Kier alpha value is -1.28. The van der Waals surface area contributed by atoms with E-state index >= 15 is 0 Å². The molecule has 16 heavy (non-hydrogen) atoms. The molecule has 3 N–H and O–H groups in total. The highest BCUT2D eigenvalue weighted by Crippen LogP contribution is 2.23. The van der Waals surface area contributed by atoms with Gasteiger partial charge in [-0.15, -0.1) is 0 Å². The van der Waals surface area contributed by atoms with Crippen LogP contribution in [0.2, 0.25) is 0 Å². The van der Waals surface area contributed by atoms with Crippen LogP contribution in [0, 0.1) is 0 Å². The minimum absolute atomic E-state index is 0.379. The van der Waals surface area contributed by atoms with E-state index in [9.17, 15) is 0 Å². The number of nitrogens with two attached hydrogens (primary N) is 1. The van der Waals surface area contributed by atoms with Crippen LogP contribution in [0.15, 0.2) is 12.4 Å². The summed E-state index contributed by atoms with van der Waals surface area (Å²) in [5, 5.41) is 0. The number of methoxy groups -OCH3 is 3. The maximum absolute atomic E-state index is 5.45. The average Bonchev–Trinajstić information content (AvgIpc) is 2.35. The first-order valence-electron chi connectivity index (χ1n) is 4.65. The molecule has 1 heterocycles. The van der Waals surface area contributed by atoms with Gasteiger partial charge in [-0.25, -0.2) is 10.4 Å². The van der Waals surface area contributed by atoms with Gasteiger partial charge in [0.2, 0.25) is 5.88 Å². The first kappa shape index (κ1) is 12.8. The molecule has 90 valence electrons. The number of hydrazine groups is 1. The first-order valence-corrected chi connectivity index (χ1v) is 4.65. The van der Waals surface area contributed by atoms with Crippen LogP contribution in [0.1, 0.15) is 11.7 Å². The molecular weight excluding hydrogens is 212 g/mol. The molecule has 1 aromatic heterocycles. The molecule has 1 unspecified atom stereocenters. The van der Waals surface area contributed by atoms with E-state index in [-0.39, 0.29) is 0 Å². The Bertz CT molecular complexity index is 319. The highest BCUT2D eigenvalue weighted by atomic mass is 16.7. The number of rotatable bonds is 6. The average molecular weight is 228 g/mol. The number of nitrogens with one attached hydrogen (secondary N) is 1. The zero-order chi connectivity index (χ0) is 12.0. The molecule has 0 saturated carbocycles. The van der Waals surface area contributed by atoms with E-state index in [0.29, 0.717) is 11.6 Å². The van der Waals surface area contributed by atoms with Crippen molar-refractivity contribution in [2.75, 3.05) is 21.3 Å². The van der Waals surface area contributed by atoms with Gasteiger partial charge < -0.3 is 14.2 Å². The van der Waals surface area contributed by atoms with E-state index in [1.165, 1.54) is 27.5 Å². The second-order valence-electron chi connectivity index (χ2n) is 2.93. The molecule has 1 atom stereocenters. The molecule has 0 bridgehead atoms. The lowest BCUT2D eigenvalue weighted by Crippen LogP contribution is -2.39. The zero-order valence-electron chi connectivity index (χ0n) is 9.51. The molecule has 0 saturated heterocycles. The molecule has 1 aromatic rings. The van der Waals surface area contributed by atoms with Crippen molar-refractivity contribution in [1.29, 1.82) is 0 Å². The summed E-state index contributed by atoms with van der Waals surface area (Å²) in [7, 11) is 4.54. The summed E-state index contributed by atoms with van der Waals surface area (Å²) in [4.78, 5) is 8.17. The number of ether oxygens (including phenoxy) is 3.